The lowest BCUT2D eigenvalue weighted by molar-refractivity contribution is -0.141. The van der Waals surface area contributed by atoms with Gasteiger partial charge >= 0.3 is 30.2 Å². The summed E-state index contributed by atoms with van der Waals surface area (Å²) >= 11 is 2.20. The number of hydrogen-bond acceptors (Lipinski definition) is 15. The van der Waals surface area contributed by atoms with Crippen molar-refractivity contribution in [1.29, 1.82) is 0 Å². The van der Waals surface area contributed by atoms with Crippen molar-refractivity contribution >= 4 is 79.9 Å². The van der Waals surface area contributed by atoms with E-state index in [2.05, 4.69) is 51.2 Å². The molecule has 4 aromatic heterocycles. The molecule has 0 saturated heterocycles. The third kappa shape index (κ3) is 12.7. The number of para-hydroxylation sites is 2. The van der Waals surface area contributed by atoms with Crippen LogP contribution in [-0.4, -0.2) is 79.7 Å². The number of carbonyl (C=O) groups is 6. The normalized spacial score (nSPS) is 11.2. The van der Waals surface area contributed by atoms with E-state index in [0.29, 0.717) is 44.6 Å². The van der Waals surface area contributed by atoms with Crippen LogP contribution in [0.25, 0.3) is 0 Å². The lowest BCUT2D eigenvalue weighted by atomic mass is 9.99. The van der Waals surface area contributed by atoms with Gasteiger partial charge in [-0.2, -0.15) is 13.2 Å². The van der Waals surface area contributed by atoms with Crippen LogP contribution in [-0.2, 0) is 36.6 Å². The number of carbonyl (C=O) groups excluding carboxylic acids is 6. The number of thiazole rings is 2. The van der Waals surface area contributed by atoms with Gasteiger partial charge in [0.1, 0.15) is 23.1 Å². The molecule has 0 bridgehead atoms. The van der Waals surface area contributed by atoms with Crippen LogP contribution in [0.2, 0.25) is 0 Å². The number of amides is 4. The lowest BCUT2D eigenvalue weighted by Gasteiger charge is -2.13. The minimum Gasteiger partial charge on any atom is -0.496 e. The fraction of sp³-hybridized carbons (Fsp3) is 0.192. The molecule has 24 heteroatoms. The Morgan fingerprint density at radius 1 is 0.566 bits per heavy atom. The summed E-state index contributed by atoms with van der Waals surface area (Å²) in [4.78, 5) is 102. The molecule has 8 rings (SSSR count). The smallest absolute Gasteiger partial charge is 0.433 e. The van der Waals surface area contributed by atoms with Gasteiger partial charge in [-0.1, -0.05) is 47.5 Å². The average molecular weight is 1080 g/mol. The molecule has 4 aromatic carbocycles. The molecule has 0 aliphatic heterocycles. The number of methoxy groups -OCH3 is 2. The number of halogens is 3. The van der Waals surface area contributed by atoms with Gasteiger partial charge in [-0.05, 0) is 82.1 Å². The predicted molar refractivity (Wildman–Crippen MR) is 276 cm³/mol. The number of hydrogen-bond donors (Lipinski definition) is 6. The Hall–Kier alpha value is -9.03. The van der Waals surface area contributed by atoms with E-state index < -0.39 is 41.6 Å². The number of aromatic nitrogens is 6. The van der Waals surface area contributed by atoms with Gasteiger partial charge < -0.3 is 34.8 Å². The number of H-pyrrole nitrogens is 2. The largest absolute Gasteiger partial charge is 0.496 e. The highest BCUT2D eigenvalue weighted by Gasteiger charge is 2.40. The van der Waals surface area contributed by atoms with Crippen molar-refractivity contribution < 1.29 is 56.1 Å². The molecular formula is C52H45F3N10O9S2. The second-order valence-electron chi connectivity index (χ2n) is 16.8. The molecule has 0 spiro atoms. The second kappa shape index (κ2) is 23.0. The van der Waals surface area contributed by atoms with E-state index in [1.165, 1.54) is 33.5 Å². The zero-order chi connectivity index (χ0) is 54.3. The molecule has 8 aromatic rings. The number of ketones is 2. The summed E-state index contributed by atoms with van der Waals surface area (Å²) in [5.41, 5.74) is 0.360. The first-order valence-corrected chi connectivity index (χ1v) is 24.6. The number of rotatable bonds is 18. The van der Waals surface area contributed by atoms with Gasteiger partial charge in [0.25, 0.3) is 0 Å². The number of ether oxygens (including phenoxy) is 3. The third-order valence-corrected chi connectivity index (χ3v) is 13.3. The molecule has 0 fully saturated rings. The van der Waals surface area contributed by atoms with Crippen LogP contribution in [0.3, 0.4) is 0 Å². The third-order valence-electron chi connectivity index (χ3n) is 11.3. The van der Waals surface area contributed by atoms with Gasteiger partial charge in [0.2, 0.25) is 0 Å². The Morgan fingerprint density at radius 2 is 1.01 bits per heavy atom. The minimum atomic E-state index is -5.08. The maximum atomic E-state index is 14.2. The predicted octanol–water partition coefficient (Wildman–Crippen LogP) is 10.3. The standard InChI is InChI=1S/C52H45F3N10O9S2/c1-26-14-18-35(33(22-26)43(66)31-10-6-8-12-37(31)72-4)59-48(70)64-50-56-24-29(75-50)16-20-39-58-28(3)41(61-39)46(68)74-47(69)42-45(52(53,54)55)63-40(62-42)21-17-30-25-57-51(76-30)65-49(71)60-36-19-15-27(2)23-34(36)44(67)32-11-7-9-13-38(32)73-5/h6-15,18-19,22-25H,16-17,20-21H2,1-5H3,(H,58,61)(H,62,63)(H2,56,59,64,70)(H2,57,60,65,71). The maximum Gasteiger partial charge on any atom is 0.433 e. The summed E-state index contributed by atoms with van der Waals surface area (Å²) < 4.78 is 58.2. The fourth-order valence-corrected chi connectivity index (χ4v) is 9.34. The van der Waals surface area contributed by atoms with Crippen molar-refractivity contribution in [2.24, 2.45) is 0 Å². The molecule has 4 heterocycles. The number of nitrogens with one attached hydrogen (secondary N) is 6. The van der Waals surface area contributed by atoms with E-state index in [-0.39, 0.29) is 80.8 Å². The van der Waals surface area contributed by atoms with Crippen molar-refractivity contribution in [2.45, 2.75) is 52.6 Å². The van der Waals surface area contributed by atoms with Crippen molar-refractivity contribution in [2.75, 3.05) is 35.5 Å². The van der Waals surface area contributed by atoms with Gasteiger partial charge in [0, 0.05) is 51.8 Å². The lowest BCUT2D eigenvalue weighted by Crippen LogP contribution is -2.21. The highest BCUT2D eigenvalue weighted by Crippen LogP contribution is 2.33. The number of imidazole rings is 2. The summed E-state index contributed by atoms with van der Waals surface area (Å²) in [6, 6.07) is 22.1. The molecule has 0 radical (unpaired) electrons. The number of esters is 2. The zero-order valence-electron chi connectivity index (χ0n) is 41.0. The molecule has 76 heavy (non-hydrogen) atoms. The Kier molecular flexibility index (Phi) is 16.1. The SMILES string of the molecule is COc1ccccc1C(=O)c1cc(C)ccc1NC(=O)Nc1ncc(CCc2nc(C(=O)OC(=O)c3nc(CCc4cnc(NC(=O)Nc5ccc(C)cc5C(=O)c5ccccc5OC)s4)[nH]c3C(F)(F)F)c(C)[nH]2)s1. The Labute approximate surface area is 438 Å². The Morgan fingerprint density at radius 3 is 1.49 bits per heavy atom. The minimum absolute atomic E-state index is 0.0861. The summed E-state index contributed by atoms with van der Waals surface area (Å²) in [7, 11) is 2.91. The Bertz CT molecular complexity index is 3530. The number of nitrogens with zero attached hydrogens (tertiary/aromatic N) is 4. The molecule has 19 nitrogen and oxygen atoms in total. The van der Waals surface area contributed by atoms with E-state index in [9.17, 15) is 41.9 Å². The molecule has 6 N–H and O–H groups in total. The molecular weight excluding hydrogens is 1030 g/mol. The van der Waals surface area contributed by atoms with Crippen LogP contribution in [0, 0.1) is 20.8 Å². The van der Waals surface area contributed by atoms with Crippen LogP contribution in [0.15, 0.2) is 97.3 Å². The van der Waals surface area contributed by atoms with Gasteiger partial charge in [-0.25, -0.2) is 39.1 Å². The maximum absolute atomic E-state index is 14.2. The number of aromatic amines is 2. The van der Waals surface area contributed by atoms with E-state index in [1.807, 2.05) is 6.92 Å². The van der Waals surface area contributed by atoms with Crippen LogP contribution in [0.4, 0.5) is 44.4 Å². The van der Waals surface area contributed by atoms with E-state index >= 15 is 0 Å². The number of alkyl halides is 3. The molecule has 390 valence electrons. The zero-order valence-corrected chi connectivity index (χ0v) is 42.6. The topological polar surface area (TPSA) is 261 Å². The van der Waals surface area contributed by atoms with E-state index in [0.717, 1.165) is 33.8 Å². The fourth-order valence-electron chi connectivity index (χ4n) is 7.72. The molecule has 0 atom stereocenters. The molecule has 0 saturated carbocycles. The van der Waals surface area contributed by atoms with Crippen LogP contribution in [0.1, 0.15) is 96.7 Å². The van der Waals surface area contributed by atoms with Gasteiger partial charge in [-0.15, -0.1) is 22.7 Å². The van der Waals surface area contributed by atoms with Gasteiger partial charge in [0.05, 0.1) is 36.7 Å². The first-order valence-electron chi connectivity index (χ1n) is 23.0. The quantitative estimate of drug-likeness (QED) is 0.0266. The summed E-state index contributed by atoms with van der Waals surface area (Å²) in [6.07, 6.45) is -1.62. The summed E-state index contributed by atoms with van der Waals surface area (Å²) in [5, 5.41) is 11.0. The van der Waals surface area contributed by atoms with Crippen molar-refractivity contribution in [3.63, 3.8) is 0 Å². The van der Waals surface area contributed by atoms with E-state index in [4.69, 9.17) is 14.2 Å². The molecule has 0 aliphatic carbocycles. The van der Waals surface area contributed by atoms with Gasteiger partial charge in [0.15, 0.2) is 38.9 Å². The van der Waals surface area contributed by atoms with E-state index in [1.54, 1.807) is 91.9 Å². The second-order valence-corrected chi connectivity index (χ2v) is 19.0. The highest BCUT2D eigenvalue weighted by atomic mass is 32.1. The molecule has 0 aliphatic rings. The van der Waals surface area contributed by atoms with Crippen molar-refractivity contribution in [1.82, 2.24) is 29.9 Å². The summed E-state index contributed by atoms with van der Waals surface area (Å²) in [5.74, 6) is -2.89. The molecule has 0 unspecified atom stereocenters. The monoisotopic (exact) mass is 1070 g/mol. The number of benzene rings is 4. The number of aryl methyl sites for hydroxylation is 7. The Balaban J connectivity index is 0.839. The van der Waals surface area contributed by atoms with Crippen LogP contribution >= 0.6 is 22.7 Å². The number of urea groups is 2. The van der Waals surface area contributed by atoms with Crippen LogP contribution < -0.4 is 30.7 Å². The van der Waals surface area contributed by atoms with Crippen molar-refractivity contribution in [3.8, 4) is 11.5 Å². The van der Waals surface area contributed by atoms with Crippen LogP contribution in [0.5, 0.6) is 11.5 Å². The highest BCUT2D eigenvalue weighted by molar-refractivity contribution is 7.16. The van der Waals surface area contributed by atoms with Gasteiger partial charge in [-0.3, -0.25) is 20.2 Å². The first-order chi connectivity index (χ1) is 36.4. The first kappa shape index (κ1) is 53.3. The van der Waals surface area contributed by atoms with Crippen molar-refractivity contribution in [3.05, 3.63) is 175 Å². The molecule has 4 amide bonds. The average Bonchev–Trinajstić information content (AvgIpc) is 4.23. The number of anilines is 4. The summed E-state index contributed by atoms with van der Waals surface area (Å²) in [6.45, 7) is 5.10.